The van der Waals surface area contributed by atoms with Crippen LogP contribution in [0, 0.1) is 17.8 Å². The number of hydrogen-bond donors (Lipinski definition) is 3. The summed E-state index contributed by atoms with van der Waals surface area (Å²) in [5.41, 5.74) is 9.53. The van der Waals surface area contributed by atoms with Gasteiger partial charge in [-0.05, 0) is 36.5 Å². The Bertz CT molecular complexity index is 1320. The van der Waals surface area contributed by atoms with Crippen molar-refractivity contribution in [2.75, 3.05) is 43.6 Å². The predicted octanol–water partition coefficient (Wildman–Crippen LogP) is 3.21. The number of nitrogens with two attached hydrogens (primary N) is 1. The van der Waals surface area contributed by atoms with Gasteiger partial charge in [0.2, 0.25) is 5.91 Å². The molecule has 9 nitrogen and oxygen atoms in total. The van der Waals surface area contributed by atoms with E-state index in [1.165, 1.54) is 0 Å². The van der Waals surface area contributed by atoms with Crippen molar-refractivity contribution in [3.8, 4) is 17.1 Å². The number of benzene rings is 1. The van der Waals surface area contributed by atoms with Crippen LogP contribution < -0.4 is 20.7 Å². The van der Waals surface area contributed by atoms with E-state index in [1.54, 1.807) is 13.3 Å². The van der Waals surface area contributed by atoms with Crippen LogP contribution in [0.2, 0.25) is 5.02 Å². The summed E-state index contributed by atoms with van der Waals surface area (Å²) in [7, 11) is 1.64. The topological polar surface area (TPSA) is 118 Å². The van der Waals surface area contributed by atoms with Crippen molar-refractivity contribution in [3.63, 3.8) is 0 Å². The fourth-order valence-electron chi connectivity index (χ4n) is 5.67. The molecule has 1 amide bonds. The summed E-state index contributed by atoms with van der Waals surface area (Å²) in [4.78, 5) is 27.2. The second-order valence-electron chi connectivity index (χ2n) is 9.29. The Morgan fingerprint density at radius 3 is 2.86 bits per heavy atom. The summed E-state index contributed by atoms with van der Waals surface area (Å²) in [6.45, 7) is 3.06. The van der Waals surface area contributed by atoms with Crippen molar-refractivity contribution in [2.45, 2.75) is 12.5 Å². The highest BCUT2D eigenvalue weighted by Crippen LogP contribution is 2.46. The molecule has 1 aliphatic heterocycles. The maximum atomic E-state index is 12.2. The normalized spacial score (nSPS) is 25.4. The van der Waals surface area contributed by atoms with Crippen molar-refractivity contribution in [2.24, 2.45) is 23.5 Å². The van der Waals surface area contributed by atoms with Crippen LogP contribution in [0.15, 0.2) is 36.5 Å². The van der Waals surface area contributed by atoms with Gasteiger partial charge in [0, 0.05) is 24.8 Å². The number of allylic oxidation sites excluding steroid dienone is 1. The summed E-state index contributed by atoms with van der Waals surface area (Å²) in [6.07, 6.45) is 6.76. The first-order chi connectivity index (χ1) is 17.0. The number of morpholine rings is 1. The van der Waals surface area contributed by atoms with Gasteiger partial charge in [-0.2, -0.15) is 0 Å². The molecule has 0 radical (unpaired) electrons. The first kappa shape index (κ1) is 22.2. The van der Waals surface area contributed by atoms with Crippen LogP contribution in [0.3, 0.4) is 0 Å². The van der Waals surface area contributed by atoms with Crippen LogP contribution in [-0.2, 0) is 9.53 Å². The SMILES string of the molecule is COc1ccc(N2CCOCC2)cc1-c1nc2c(N[C@H]3[C@@H](C(N)=O)[C@@H]4C=C[C@H]3C4)c(Cl)cnc2[nH]1. The molecule has 0 unspecified atom stereocenters. The molecule has 3 aliphatic rings. The van der Waals surface area contributed by atoms with Crippen molar-refractivity contribution >= 4 is 40.0 Å². The van der Waals surface area contributed by atoms with Crippen LogP contribution in [0.5, 0.6) is 5.75 Å². The number of rotatable bonds is 6. The largest absolute Gasteiger partial charge is 0.496 e. The minimum absolute atomic E-state index is 0.134. The van der Waals surface area contributed by atoms with E-state index in [0.29, 0.717) is 46.7 Å². The molecule has 2 aliphatic carbocycles. The summed E-state index contributed by atoms with van der Waals surface area (Å²) < 4.78 is 11.1. The zero-order chi connectivity index (χ0) is 24.1. The average molecular weight is 495 g/mol. The van der Waals surface area contributed by atoms with Crippen LogP contribution in [0.4, 0.5) is 11.4 Å². The molecule has 35 heavy (non-hydrogen) atoms. The molecule has 1 saturated heterocycles. The third-order valence-electron chi connectivity index (χ3n) is 7.38. The molecule has 0 spiro atoms. The molecule has 3 heterocycles. The molecule has 6 rings (SSSR count). The van der Waals surface area contributed by atoms with Crippen LogP contribution >= 0.6 is 11.6 Å². The van der Waals surface area contributed by atoms with Crippen molar-refractivity contribution in [3.05, 3.63) is 41.6 Å². The quantitative estimate of drug-likeness (QED) is 0.450. The Morgan fingerprint density at radius 2 is 2.09 bits per heavy atom. The Balaban J connectivity index is 1.39. The lowest BCUT2D eigenvalue weighted by Crippen LogP contribution is -2.41. The van der Waals surface area contributed by atoms with E-state index in [0.717, 1.165) is 30.8 Å². The van der Waals surface area contributed by atoms with Gasteiger partial charge in [-0.15, -0.1) is 0 Å². The Labute approximate surface area is 207 Å². The van der Waals surface area contributed by atoms with E-state index in [2.05, 4.69) is 38.4 Å². The minimum Gasteiger partial charge on any atom is -0.496 e. The molecular formula is C25H27ClN6O3. The van der Waals surface area contributed by atoms with Crippen LogP contribution in [0.1, 0.15) is 6.42 Å². The number of aromatic amines is 1. The van der Waals surface area contributed by atoms with E-state index in [-0.39, 0.29) is 29.7 Å². The van der Waals surface area contributed by atoms with E-state index >= 15 is 0 Å². The number of hydrogen-bond acceptors (Lipinski definition) is 7. The molecule has 3 aromatic rings. The fraction of sp³-hybridized carbons (Fsp3) is 0.400. The summed E-state index contributed by atoms with van der Waals surface area (Å²) in [5.74, 6) is 1.13. The number of carbonyl (C=O) groups is 1. The molecule has 4 N–H and O–H groups in total. The molecule has 4 atom stereocenters. The number of ether oxygens (including phenoxy) is 2. The molecule has 10 heteroatoms. The lowest BCUT2D eigenvalue weighted by molar-refractivity contribution is -0.122. The van der Waals surface area contributed by atoms with Crippen molar-refractivity contribution in [1.29, 1.82) is 0 Å². The molecule has 1 saturated carbocycles. The molecule has 1 aromatic carbocycles. The number of nitrogens with zero attached hydrogens (tertiary/aromatic N) is 3. The van der Waals surface area contributed by atoms with E-state index < -0.39 is 0 Å². The number of amides is 1. The third-order valence-corrected chi connectivity index (χ3v) is 7.67. The first-order valence-electron chi connectivity index (χ1n) is 11.8. The smallest absolute Gasteiger partial charge is 0.223 e. The monoisotopic (exact) mass is 494 g/mol. The number of imidazole rings is 1. The molecular weight excluding hydrogens is 468 g/mol. The van der Waals surface area contributed by atoms with E-state index in [9.17, 15) is 4.79 Å². The second kappa shape index (κ2) is 8.73. The van der Waals surface area contributed by atoms with Gasteiger partial charge in [0.1, 0.15) is 17.1 Å². The molecule has 2 fully saturated rings. The van der Waals surface area contributed by atoms with E-state index in [4.69, 9.17) is 31.8 Å². The highest BCUT2D eigenvalue weighted by atomic mass is 35.5. The highest BCUT2D eigenvalue weighted by molar-refractivity contribution is 6.34. The maximum absolute atomic E-state index is 12.2. The lowest BCUT2D eigenvalue weighted by atomic mass is 9.88. The van der Waals surface area contributed by atoms with Gasteiger partial charge in [0.15, 0.2) is 5.65 Å². The zero-order valence-electron chi connectivity index (χ0n) is 19.3. The first-order valence-corrected chi connectivity index (χ1v) is 12.2. The third kappa shape index (κ3) is 3.79. The van der Waals surface area contributed by atoms with Crippen LogP contribution in [0.25, 0.3) is 22.6 Å². The van der Waals surface area contributed by atoms with Gasteiger partial charge in [0.05, 0.1) is 48.7 Å². The highest BCUT2D eigenvalue weighted by Gasteiger charge is 2.47. The number of carbonyl (C=O) groups excluding carboxylic acids is 1. The molecule has 2 aromatic heterocycles. The number of methoxy groups -OCH3 is 1. The number of halogens is 1. The number of aromatic nitrogens is 3. The maximum Gasteiger partial charge on any atom is 0.223 e. The summed E-state index contributed by atoms with van der Waals surface area (Å²) >= 11 is 6.60. The predicted molar refractivity (Wildman–Crippen MR) is 135 cm³/mol. The Hall–Kier alpha value is -3.30. The van der Waals surface area contributed by atoms with Crippen molar-refractivity contribution in [1.82, 2.24) is 15.0 Å². The Kier molecular flexibility index (Phi) is 5.53. The molecule has 182 valence electrons. The van der Waals surface area contributed by atoms with Gasteiger partial charge < -0.3 is 30.4 Å². The minimum atomic E-state index is -0.298. The number of primary amides is 1. The van der Waals surface area contributed by atoms with Gasteiger partial charge in [-0.25, -0.2) is 9.97 Å². The number of anilines is 2. The summed E-state index contributed by atoms with van der Waals surface area (Å²) in [5, 5.41) is 3.96. The number of pyridine rings is 1. The zero-order valence-corrected chi connectivity index (χ0v) is 20.1. The Morgan fingerprint density at radius 1 is 1.29 bits per heavy atom. The molecule has 2 bridgehead atoms. The van der Waals surface area contributed by atoms with E-state index in [1.807, 2.05) is 12.1 Å². The summed E-state index contributed by atoms with van der Waals surface area (Å²) in [6, 6.07) is 5.93. The van der Waals surface area contributed by atoms with Gasteiger partial charge in [0.25, 0.3) is 0 Å². The van der Waals surface area contributed by atoms with Gasteiger partial charge in [-0.3, -0.25) is 4.79 Å². The number of fused-ring (bicyclic) bond motifs is 3. The fourth-order valence-corrected chi connectivity index (χ4v) is 5.86. The average Bonchev–Trinajstić information content (AvgIpc) is 3.60. The number of H-pyrrole nitrogens is 1. The lowest BCUT2D eigenvalue weighted by Gasteiger charge is -2.29. The number of nitrogens with one attached hydrogen (secondary N) is 2. The van der Waals surface area contributed by atoms with Gasteiger partial charge in [-0.1, -0.05) is 23.8 Å². The van der Waals surface area contributed by atoms with Crippen molar-refractivity contribution < 1.29 is 14.3 Å². The second-order valence-corrected chi connectivity index (χ2v) is 9.70. The van der Waals surface area contributed by atoms with Crippen LogP contribution in [-0.4, -0.2) is 60.3 Å². The van der Waals surface area contributed by atoms with Gasteiger partial charge >= 0.3 is 0 Å². The standard InChI is InChI=1S/C25H27ClN6O3/c1-34-18-5-4-15(32-6-8-35-9-7-32)11-16(18)24-30-22-21(17(26)12-28-25(22)31-24)29-20-14-3-2-13(10-14)19(20)23(27)33/h2-5,11-14,19-20H,6-10H2,1H3,(H2,27,33)(H2,28,29,30,31)/t13-,14+,19+,20-/m1/s1.